The molecule has 3 aromatic heterocycles. The third kappa shape index (κ3) is 3.34. The largest absolute Gasteiger partial charge is 0.363 e. The van der Waals surface area contributed by atoms with Crippen LogP contribution in [0.15, 0.2) is 66.0 Å². The van der Waals surface area contributed by atoms with Gasteiger partial charge in [0.1, 0.15) is 11.6 Å². The van der Waals surface area contributed by atoms with Gasteiger partial charge < -0.3 is 4.90 Å². The second-order valence-corrected chi connectivity index (χ2v) is 6.65. The van der Waals surface area contributed by atoms with Crippen molar-refractivity contribution in [1.29, 1.82) is 0 Å². The number of nitrogens with zero attached hydrogens (tertiary/aromatic N) is 5. The van der Waals surface area contributed by atoms with Crippen molar-refractivity contribution >= 4 is 16.9 Å². The van der Waals surface area contributed by atoms with Gasteiger partial charge in [-0.05, 0) is 35.9 Å². The first-order valence-electron chi connectivity index (χ1n) is 8.75. The third-order valence-electron chi connectivity index (χ3n) is 4.52. The highest BCUT2D eigenvalue weighted by Crippen LogP contribution is 2.23. The van der Waals surface area contributed by atoms with E-state index in [-0.39, 0.29) is 23.4 Å². The minimum atomic E-state index is -0.387. The molecule has 0 unspecified atom stereocenters. The molecule has 140 valence electrons. The van der Waals surface area contributed by atoms with E-state index >= 15 is 0 Å². The van der Waals surface area contributed by atoms with Gasteiger partial charge in [0.15, 0.2) is 5.52 Å². The van der Waals surface area contributed by atoms with Gasteiger partial charge in [-0.3, -0.25) is 9.36 Å². The minimum Gasteiger partial charge on any atom is -0.363 e. The first-order chi connectivity index (χ1) is 13.5. The summed E-state index contributed by atoms with van der Waals surface area (Å²) in [5.41, 5.74) is 2.45. The number of aromatic nitrogens is 4. The van der Waals surface area contributed by atoms with Crippen molar-refractivity contribution in [3.8, 4) is 11.1 Å². The van der Waals surface area contributed by atoms with Crippen LogP contribution in [0.5, 0.6) is 0 Å². The molecule has 3 heterocycles. The second-order valence-electron chi connectivity index (χ2n) is 6.65. The predicted octanol–water partition coefficient (Wildman–Crippen LogP) is 3.11. The Kier molecular flexibility index (Phi) is 4.57. The van der Waals surface area contributed by atoms with Crippen molar-refractivity contribution < 1.29 is 4.39 Å². The molecule has 0 amide bonds. The maximum Gasteiger partial charge on any atom is 0.280 e. The topological polar surface area (TPSA) is 63.9 Å². The van der Waals surface area contributed by atoms with Gasteiger partial charge in [0, 0.05) is 37.6 Å². The lowest BCUT2D eigenvalue weighted by atomic mass is 10.0. The van der Waals surface area contributed by atoms with E-state index < -0.39 is 0 Å². The van der Waals surface area contributed by atoms with Crippen molar-refractivity contribution in [3.05, 3.63) is 82.9 Å². The molecule has 0 bridgehead atoms. The van der Waals surface area contributed by atoms with Crippen LogP contribution in [0.3, 0.4) is 0 Å². The third-order valence-corrected chi connectivity index (χ3v) is 4.52. The van der Waals surface area contributed by atoms with Crippen molar-refractivity contribution in [1.82, 2.24) is 19.5 Å². The number of hydrogen-bond donors (Lipinski definition) is 0. The Balaban J connectivity index is 1.63. The second kappa shape index (κ2) is 7.19. The Bertz CT molecular complexity index is 1200. The predicted molar refractivity (Wildman–Crippen MR) is 107 cm³/mol. The SMILES string of the molecule is CN(C)c1ccc(-c2ccc(Cn3cnc4cccnc4c3=O)c(F)c2)cn1. The molecule has 4 rings (SSSR count). The molecule has 0 saturated carbocycles. The molecule has 0 atom stereocenters. The maximum absolute atomic E-state index is 14.7. The van der Waals surface area contributed by atoms with Crippen molar-refractivity contribution in [2.24, 2.45) is 0 Å². The Morgan fingerprint density at radius 1 is 1.04 bits per heavy atom. The summed E-state index contributed by atoms with van der Waals surface area (Å²) in [6.07, 6.45) is 4.68. The summed E-state index contributed by atoms with van der Waals surface area (Å²) in [5.74, 6) is 0.444. The molecule has 0 radical (unpaired) electrons. The van der Waals surface area contributed by atoms with E-state index in [2.05, 4.69) is 15.0 Å². The van der Waals surface area contributed by atoms with E-state index in [0.717, 1.165) is 16.9 Å². The standard InChI is InChI=1S/C21H18FN5O/c1-26(2)19-8-7-15(11-24-19)14-5-6-16(17(22)10-14)12-27-13-25-18-4-3-9-23-20(18)21(27)28/h3-11,13H,12H2,1-2H3. The van der Waals surface area contributed by atoms with E-state index in [9.17, 15) is 9.18 Å². The van der Waals surface area contributed by atoms with Crippen LogP contribution >= 0.6 is 0 Å². The zero-order valence-electron chi connectivity index (χ0n) is 15.5. The molecule has 1 aromatic carbocycles. The van der Waals surface area contributed by atoms with Gasteiger partial charge in [-0.15, -0.1) is 0 Å². The molecule has 28 heavy (non-hydrogen) atoms. The summed E-state index contributed by atoms with van der Waals surface area (Å²) in [6.45, 7) is 0.0856. The zero-order valence-corrected chi connectivity index (χ0v) is 15.5. The molecule has 0 N–H and O–H groups in total. The smallest absolute Gasteiger partial charge is 0.280 e. The lowest BCUT2D eigenvalue weighted by molar-refractivity contribution is 0.595. The summed E-state index contributed by atoms with van der Waals surface area (Å²) in [6, 6.07) is 12.2. The summed E-state index contributed by atoms with van der Waals surface area (Å²) >= 11 is 0. The van der Waals surface area contributed by atoms with Crippen LogP contribution in [0.2, 0.25) is 0 Å². The lowest BCUT2D eigenvalue weighted by Gasteiger charge is -2.12. The fourth-order valence-corrected chi connectivity index (χ4v) is 2.96. The first kappa shape index (κ1) is 17.8. The summed E-state index contributed by atoms with van der Waals surface area (Å²) in [4.78, 5) is 27.1. The molecule has 0 aliphatic carbocycles. The van der Waals surface area contributed by atoms with Crippen LogP contribution < -0.4 is 10.5 Å². The highest BCUT2D eigenvalue weighted by atomic mass is 19.1. The van der Waals surface area contributed by atoms with E-state index in [1.807, 2.05) is 37.2 Å². The number of pyridine rings is 2. The van der Waals surface area contributed by atoms with Gasteiger partial charge in [-0.2, -0.15) is 0 Å². The number of fused-ring (bicyclic) bond motifs is 1. The number of benzene rings is 1. The molecule has 0 aliphatic rings. The average molecular weight is 375 g/mol. The molecule has 0 saturated heterocycles. The van der Waals surface area contributed by atoms with Crippen molar-refractivity contribution in [2.75, 3.05) is 19.0 Å². The molecule has 4 aromatic rings. The summed E-state index contributed by atoms with van der Waals surface area (Å²) in [5, 5.41) is 0. The van der Waals surface area contributed by atoms with Gasteiger partial charge in [0.2, 0.25) is 0 Å². The van der Waals surface area contributed by atoms with Crippen molar-refractivity contribution in [3.63, 3.8) is 0 Å². The number of hydrogen-bond acceptors (Lipinski definition) is 5. The Labute approximate surface area is 160 Å². The van der Waals surface area contributed by atoms with Crippen LogP contribution in [0.1, 0.15) is 5.56 Å². The Morgan fingerprint density at radius 2 is 1.86 bits per heavy atom. The molecule has 7 heteroatoms. The Hall–Kier alpha value is -3.61. The van der Waals surface area contributed by atoms with Crippen LogP contribution in [-0.2, 0) is 6.54 Å². The van der Waals surface area contributed by atoms with Crippen LogP contribution in [0.25, 0.3) is 22.2 Å². The van der Waals surface area contributed by atoms with Gasteiger partial charge in [-0.1, -0.05) is 12.1 Å². The molecular formula is C21H18FN5O. The zero-order chi connectivity index (χ0) is 19.7. The summed E-state index contributed by atoms with van der Waals surface area (Å²) in [7, 11) is 3.82. The van der Waals surface area contributed by atoms with Gasteiger partial charge in [0.25, 0.3) is 5.56 Å². The minimum absolute atomic E-state index is 0.0856. The number of halogens is 1. The normalized spacial score (nSPS) is 11.0. The van der Waals surface area contributed by atoms with Crippen LogP contribution in [-0.4, -0.2) is 33.6 Å². The number of anilines is 1. The fraction of sp³-hybridized carbons (Fsp3) is 0.143. The Morgan fingerprint density at radius 3 is 2.57 bits per heavy atom. The van der Waals surface area contributed by atoms with E-state index in [4.69, 9.17) is 0 Å². The average Bonchev–Trinajstić information content (AvgIpc) is 2.71. The molecular weight excluding hydrogens is 357 g/mol. The van der Waals surface area contributed by atoms with Crippen LogP contribution in [0, 0.1) is 5.82 Å². The van der Waals surface area contributed by atoms with Gasteiger partial charge >= 0.3 is 0 Å². The lowest BCUT2D eigenvalue weighted by Crippen LogP contribution is -2.22. The van der Waals surface area contributed by atoms with Crippen molar-refractivity contribution in [2.45, 2.75) is 6.54 Å². The summed E-state index contributed by atoms with van der Waals surface area (Å²) < 4.78 is 16.1. The quantitative estimate of drug-likeness (QED) is 0.548. The molecule has 6 nitrogen and oxygen atoms in total. The van der Waals surface area contributed by atoms with Crippen LogP contribution in [0.4, 0.5) is 10.2 Å². The van der Waals surface area contributed by atoms with E-state index in [0.29, 0.717) is 11.1 Å². The van der Waals surface area contributed by atoms with Gasteiger partial charge in [-0.25, -0.2) is 19.3 Å². The van der Waals surface area contributed by atoms with E-state index in [1.165, 1.54) is 17.0 Å². The first-order valence-corrected chi connectivity index (χ1v) is 8.75. The highest BCUT2D eigenvalue weighted by Gasteiger charge is 2.10. The fourth-order valence-electron chi connectivity index (χ4n) is 2.96. The van der Waals surface area contributed by atoms with E-state index in [1.54, 1.807) is 30.6 Å². The van der Waals surface area contributed by atoms with Gasteiger partial charge in [0.05, 0.1) is 18.4 Å². The number of rotatable bonds is 4. The molecule has 0 fully saturated rings. The molecule has 0 aliphatic heterocycles. The highest BCUT2D eigenvalue weighted by molar-refractivity contribution is 5.72. The molecule has 0 spiro atoms. The monoisotopic (exact) mass is 375 g/mol. The maximum atomic E-state index is 14.7.